The van der Waals surface area contributed by atoms with Gasteiger partial charge in [-0.1, -0.05) is 17.7 Å². The van der Waals surface area contributed by atoms with E-state index in [1.54, 1.807) is 30.3 Å². The van der Waals surface area contributed by atoms with Crippen molar-refractivity contribution in [2.45, 2.75) is 19.3 Å². The second-order valence-corrected chi connectivity index (χ2v) is 6.29. The molecule has 1 saturated heterocycles. The average Bonchev–Trinajstić information content (AvgIpc) is 3.09. The fourth-order valence-corrected chi connectivity index (χ4v) is 2.95. The number of carbonyl (C=O) groups is 1. The van der Waals surface area contributed by atoms with Gasteiger partial charge in [0.25, 0.3) is 5.91 Å². The maximum atomic E-state index is 12.3. The van der Waals surface area contributed by atoms with E-state index in [9.17, 15) is 10.1 Å². The highest BCUT2D eigenvalue weighted by atomic mass is 35.5. The quantitative estimate of drug-likeness (QED) is 0.649. The third-order valence-electron chi connectivity index (χ3n) is 4.01. The minimum absolute atomic E-state index is 0.0282. The molecule has 0 aliphatic carbocycles. The van der Waals surface area contributed by atoms with Crippen LogP contribution in [0.2, 0.25) is 5.02 Å². The van der Waals surface area contributed by atoms with Gasteiger partial charge in [0.15, 0.2) is 5.88 Å². The van der Waals surface area contributed by atoms with Gasteiger partial charge in [-0.05, 0) is 43.5 Å². The molecule has 0 unspecified atom stereocenters. The Morgan fingerprint density at radius 2 is 2.04 bits per heavy atom. The molecule has 128 valence electrons. The van der Waals surface area contributed by atoms with E-state index in [-0.39, 0.29) is 5.57 Å². The lowest BCUT2D eigenvalue weighted by Crippen LogP contribution is -2.28. The standard InChI is InChI=1S/C19H18ClN3O2/c20-15-5-4-6-16(12-15)22-19(24)14(13-21)11-17-7-8-18(25-17)23-9-2-1-3-10-23/h4-8,11-12H,1-3,9-10H2,(H,22,24)/b14-11+. The van der Waals surface area contributed by atoms with Crippen molar-refractivity contribution < 1.29 is 9.21 Å². The summed E-state index contributed by atoms with van der Waals surface area (Å²) >= 11 is 5.90. The van der Waals surface area contributed by atoms with Crippen molar-refractivity contribution in [2.75, 3.05) is 23.3 Å². The molecule has 0 atom stereocenters. The van der Waals surface area contributed by atoms with Crippen LogP contribution in [0.3, 0.4) is 0 Å². The summed E-state index contributed by atoms with van der Waals surface area (Å²) in [5.74, 6) is 0.762. The summed E-state index contributed by atoms with van der Waals surface area (Å²) in [5, 5.41) is 12.5. The monoisotopic (exact) mass is 355 g/mol. The van der Waals surface area contributed by atoms with Gasteiger partial charge in [-0.3, -0.25) is 4.79 Å². The lowest BCUT2D eigenvalue weighted by atomic mass is 10.1. The number of hydrogen-bond acceptors (Lipinski definition) is 4. The normalized spacial score (nSPS) is 14.9. The fraction of sp³-hybridized carbons (Fsp3) is 0.263. The molecule has 0 bridgehead atoms. The van der Waals surface area contributed by atoms with E-state index >= 15 is 0 Å². The van der Waals surface area contributed by atoms with E-state index in [0.29, 0.717) is 16.5 Å². The molecule has 0 radical (unpaired) electrons. The lowest BCUT2D eigenvalue weighted by molar-refractivity contribution is -0.112. The number of piperidine rings is 1. The van der Waals surface area contributed by atoms with E-state index in [4.69, 9.17) is 16.0 Å². The smallest absolute Gasteiger partial charge is 0.266 e. The van der Waals surface area contributed by atoms with Crippen molar-refractivity contribution >= 4 is 35.2 Å². The molecule has 2 aromatic rings. The molecule has 25 heavy (non-hydrogen) atoms. The first-order chi connectivity index (χ1) is 12.2. The maximum absolute atomic E-state index is 12.3. The van der Waals surface area contributed by atoms with Gasteiger partial charge in [-0.15, -0.1) is 0 Å². The Bertz CT molecular complexity index is 829. The van der Waals surface area contributed by atoms with Crippen LogP contribution in [0.5, 0.6) is 0 Å². The zero-order valence-electron chi connectivity index (χ0n) is 13.7. The van der Waals surface area contributed by atoms with Crippen LogP contribution in [0.1, 0.15) is 25.0 Å². The number of furan rings is 1. The van der Waals surface area contributed by atoms with Gasteiger partial charge in [0, 0.05) is 35.9 Å². The highest BCUT2D eigenvalue weighted by molar-refractivity contribution is 6.31. The summed E-state index contributed by atoms with van der Waals surface area (Å²) in [4.78, 5) is 14.5. The summed E-state index contributed by atoms with van der Waals surface area (Å²) in [6, 6.07) is 12.3. The minimum atomic E-state index is -0.499. The number of halogens is 1. The summed E-state index contributed by atoms with van der Waals surface area (Å²) in [6.07, 6.45) is 4.99. The Hall–Kier alpha value is -2.71. The second kappa shape index (κ2) is 7.91. The third kappa shape index (κ3) is 4.43. The van der Waals surface area contributed by atoms with Crippen molar-refractivity contribution in [1.82, 2.24) is 0 Å². The largest absolute Gasteiger partial charge is 0.441 e. The van der Waals surface area contributed by atoms with E-state index in [2.05, 4.69) is 10.2 Å². The molecular formula is C19H18ClN3O2. The molecule has 1 aliphatic rings. The molecule has 1 aliphatic heterocycles. The first kappa shape index (κ1) is 17.1. The van der Waals surface area contributed by atoms with Crippen molar-refractivity contribution in [1.29, 1.82) is 5.26 Å². The molecule has 6 heteroatoms. The number of anilines is 2. The molecule has 5 nitrogen and oxygen atoms in total. The second-order valence-electron chi connectivity index (χ2n) is 5.86. The first-order valence-electron chi connectivity index (χ1n) is 8.19. The first-order valence-corrected chi connectivity index (χ1v) is 8.57. The Balaban J connectivity index is 1.72. The van der Waals surface area contributed by atoms with Gasteiger partial charge < -0.3 is 14.6 Å². The number of nitrogens with one attached hydrogen (secondary N) is 1. The SMILES string of the molecule is N#C/C(=C\c1ccc(N2CCCCC2)o1)C(=O)Nc1cccc(Cl)c1. The van der Waals surface area contributed by atoms with Crippen molar-refractivity contribution in [2.24, 2.45) is 0 Å². The van der Waals surface area contributed by atoms with Crippen molar-refractivity contribution in [3.8, 4) is 6.07 Å². The minimum Gasteiger partial charge on any atom is -0.441 e. The average molecular weight is 356 g/mol. The number of nitriles is 1. The number of nitrogens with zero attached hydrogens (tertiary/aromatic N) is 2. The van der Waals surface area contributed by atoms with Gasteiger partial charge in [0.1, 0.15) is 17.4 Å². The topological polar surface area (TPSA) is 69.3 Å². The Morgan fingerprint density at radius 3 is 2.76 bits per heavy atom. The van der Waals surface area contributed by atoms with Crippen molar-refractivity contribution in [3.63, 3.8) is 0 Å². The lowest BCUT2D eigenvalue weighted by Gasteiger charge is -2.25. The maximum Gasteiger partial charge on any atom is 0.266 e. The van der Waals surface area contributed by atoms with Crippen LogP contribution in [0.15, 0.2) is 46.4 Å². The molecule has 0 saturated carbocycles. The van der Waals surface area contributed by atoms with Crippen LogP contribution >= 0.6 is 11.6 Å². The highest BCUT2D eigenvalue weighted by Crippen LogP contribution is 2.24. The number of amides is 1. The van der Waals surface area contributed by atoms with Crippen LogP contribution in [0, 0.1) is 11.3 Å². The fourth-order valence-electron chi connectivity index (χ4n) is 2.76. The third-order valence-corrected chi connectivity index (χ3v) is 4.25. The number of hydrogen-bond donors (Lipinski definition) is 1. The predicted molar refractivity (Wildman–Crippen MR) is 98.4 cm³/mol. The highest BCUT2D eigenvalue weighted by Gasteiger charge is 2.15. The molecule has 1 amide bonds. The van der Waals surface area contributed by atoms with Gasteiger partial charge in [-0.25, -0.2) is 0 Å². The number of carbonyl (C=O) groups excluding carboxylic acids is 1. The van der Waals surface area contributed by atoms with E-state index in [1.165, 1.54) is 12.5 Å². The molecular weight excluding hydrogens is 338 g/mol. The van der Waals surface area contributed by atoms with Crippen molar-refractivity contribution in [3.05, 3.63) is 52.8 Å². The zero-order chi connectivity index (χ0) is 17.6. The molecule has 0 spiro atoms. The summed E-state index contributed by atoms with van der Waals surface area (Å²) in [7, 11) is 0. The molecule has 1 aromatic carbocycles. The zero-order valence-corrected chi connectivity index (χ0v) is 14.4. The van der Waals surface area contributed by atoms with E-state index in [0.717, 1.165) is 31.8 Å². The molecule has 1 aromatic heterocycles. The molecule has 3 rings (SSSR count). The van der Waals surface area contributed by atoms with Gasteiger partial charge in [0.2, 0.25) is 0 Å². The van der Waals surface area contributed by atoms with Gasteiger partial charge in [-0.2, -0.15) is 5.26 Å². The number of rotatable bonds is 4. The Labute approximate surface area is 151 Å². The van der Waals surface area contributed by atoms with E-state index < -0.39 is 5.91 Å². The van der Waals surface area contributed by atoms with Crippen LogP contribution < -0.4 is 10.2 Å². The summed E-state index contributed by atoms with van der Waals surface area (Å²) in [5.41, 5.74) is 0.506. The summed E-state index contributed by atoms with van der Waals surface area (Å²) < 4.78 is 5.77. The Kier molecular flexibility index (Phi) is 5.42. The number of benzene rings is 1. The Morgan fingerprint density at radius 1 is 1.24 bits per heavy atom. The molecule has 2 heterocycles. The molecule has 1 fully saturated rings. The van der Waals surface area contributed by atoms with Crippen LogP contribution in [0.25, 0.3) is 6.08 Å². The summed E-state index contributed by atoms with van der Waals surface area (Å²) in [6.45, 7) is 1.94. The van der Waals surface area contributed by atoms with E-state index in [1.807, 2.05) is 12.1 Å². The van der Waals surface area contributed by atoms with Crippen LogP contribution in [-0.4, -0.2) is 19.0 Å². The van der Waals surface area contributed by atoms with Gasteiger partial charge >= 0.3 is 0 Å². The molecule has 1 N–H and O–H groups in total. The predicted octanol–water partition coefficient (Wildman–Crippen LogP) is 4.47. The van der Waals surface area contributed by atoms with Crippen LogP contribution in [0.4, 0.5) is 11.6 Å². The van der Waals surface area contributed by atoms with Gasteiger partial charge in [0.05, 0.1) is 0 Å². The van der Waals surface area contributed by atoms with Crippen LogP contribution in [-0.2, 0) is 4.79 Å².